The first-order valence-electron chi connectivity index (χ1n) is 6.20. The van der Waals surface area contributed by atoms with E-state index in [9.17, 15) is 9.90 Å². The standard InChI is InChI=1S/C16H15ClO3/c1-10-6-7-15(14(17)8-10)20-9-13-11(2)4-3-5-12(13)16(18)19/h3-8H,9H2,1-2H3,(H,18,19). The van der Waals surface area contributed by atoms with Crippen LogP contribution in [0.1, 0.15) is 27.0 Å². The lowest BCUT2D eigenvalue weighted by Gasteiger charge is -2.12. The zero-order valence-electron chi connectivity index (χ0n) is 11.3. The van der Waals surface area contributed by atoms with E-state index in [0.29, 0.717) is 16.3 Å². The summed E-state index contributed by atoms with van der Waals surface area (Å²) in [4.78, 5) is 11.2. The molecule has 0 aliphatic heterocycles. The summed E-state index contributed by atoms with van der Waals surface area (Å²) in [5, 5.41) is 9.72. The molecule has 104 valence electrons. The van der Waals surface area contributed by atoms with Crippen molar-refractivity contribution >= 4 is 17.6 Å². The highest BCUT2D eigenvalue weighted by Gasteiger charge is 2.13. The minimum Gasteiger partial charge on any atom is -0.487 e. The third kappa shape index (κ3) is 3.11. The lowest BCUT2D eigenvalue weighted by Crippen LogP contribution is -2.07. The summed E-state index contributed by atoms with van der Waals surface area (Å²) in [7, 11) is 0. The fourth-order valence-corrected chi connectivity index (χ4v) is 2.26. The van der Waals surface area contributed by atoms with E-state index < -0.39 is 5.97 Å². The molecule has 0 radical (unpaired) electrons. The van der Waals surface area contributed by atoms with Crippen molar-refractivity contribution < 1.29 is 14.6 Å². The Morgan fingerprint density at radius 2 is 2.00 bits per heavy atom. The van der Waals surface area contributed by atoms with Crippen LogP contribution >= 0.6 is 11.6 Å². The second-order valence-corrected chi connectivity index (χ2v) is 5.04. The molecule has 2 rings (SSSR count). The lowest BCUT2D eigenvalue weighted by molar-refractivity contribution is 0.0694. The zero-order valence-corrected chi connectivity index (χ0v) is 12.1. The zero-order chi connectivity index (χ0) is 14.7. The SMILES string of the molecule is Cc1ccc(OCc2c(C)cccc2C(=O)O)c(Cl)c1. The van der Waals surface area contributed by atoms with Gasteiger partial charge in [0.05, 0.1) is 10.6 Å². The van der Waals surface area contributed by atoms with Crippen LogP contribution in [0.3, 0.4) is 0 Å². The molecule has 0 bridgehead atoms. The number of aryl methyl sites for hydroxylation is 2. The Labute approximate surface area is 122 Å². The van der Waals surface area contributed by atoms with Crippen LogP contribution in [0.5, 0.6) is 5.75 Å². The Balaban J connectivity index is 2.25. The van der Waals surface area contributed by atoms with Crippen LogP contribution in [-0.2, 0) is 6.61 Å². The molecule has 20 heavy (non-hydrogen) atoms. The van der Waals surface area contributed by atoms with Crippen LogP contribution in [0, 0.1) is 13.8 Å². The molecule has 0 aliphatic rings. The Morgan fingerprint density at radius 1 is 1.25 bits per heavy atom. The van der Waals surface area contributed by atoms with E-state index in [-0.39, 0.29) is 12.2 Å². The number of aromatic carboxylic acids is 1. The summed E-state index contributed by atoms with van der Waals surface area (Å²) in [5.74, 6) is -0.404. The van der Waals surface area contributed by atoms with E-state index >= 15 is 0 Å². The van der Waals surface area contributed by atoms with Gasteiger partial charge in [0.2, 0.25) is 0 Å². The van der Waals surface area contributed by atoms with Crippen molar-refractivity contribution in [3.05, 3.63) is 63.7 Å². The molecular formula is C16H15ClO3. The summed E-state index contributed by atoms with van der Waals surface area (Å²) in [5.41, 5.74) is 2.85. The molecule has 0 amide bonds. The van der Waals surface area contributed by atoms with Gasteiger partial charge in [-0.05, 0) is 43.2 Å². The normalized spacial score (nSPS) is 10.3. The number of carboxylic acids is 1. The second-order valence-electron chi connectivity index (χ2n) is 4.63. The van der Waals surface area contributed by atoms with Crippen molar-refractivity contribution in [2.45, 2.75) is 20.5 Å². The van der Waals surface area contributed by atoms with E-state index in [1.54, 1.807) is 18.2 Å². The van der Waals surface area contributed by atoms with Gasteiger partial charge in [0.25, 0.3) is 0 Å². The maximum absolute atomic E-state index is 11.2. The molecule has 4 heteroatoms. The Kier molecular flexibility index (Phi) is 4.30. The molecule has 2 aromatic carbocycles. The summed E-state index contributed by atoms with van der Waals surface area (Å²) < 4.78 is 5.65. The smallest absolute Gasteiger partial charge is 0.336 e. The number of benzene rings is 2. The molecule has 2 aromatic rings. The molecule has 0 saturated carbocycles. The maximum atomic E-state index is 11.2. The topological polar surface area (TPSA) is 46.5 Å². The van der Waals surface area contributed by atoms with Crippen LogP contribution in [0.2, 0.25) is 5.02 Å². The first-order valence-corrected chi connectivity index (χ1v) is 6.57. The monoisotopic (exact) mass is 290 g/mol. The number of ether oxygens (including phenoxy) is 1. The first-order chi connectivity index (χ1) is 9.49. The highest BCUT2D eigenvalue weighted by molar-refractivity contribution is 6.32. The van der Waals surface area contributed by atoms with E-state index in [0.717, 1.165) is 11.1 Å². The molecule has 0 spiro atoms. The van der Waals surface area contributed by atoms with E-state index in [1.165, 1.54) is 0 Å². The Bertz CT molecular complexity index is 650. The van der Waals surface area contributed by atoms with Crippen LogP contribution in [0.4, 0.5) is 0 Å². The second kappa shape index (κ2) is 5.97. The summed E-state index contributed by atoms with van der Waals surface area (Å²) in [6.07, 6.45) is 0. The molecule has 0 heterocycles. The van der Waals surface area contributed by atoms with Crippen molar-refractivity contribution in [2.24, 2.45) is 0 Å². The molecule has 0 unspecified atom stereocenters. The van der Waals surface area contributed by atoms with E-state index in [4.69, 9.17) is 16.3 Å². The van der Waals surface area contributed by atoms with Gasteiger partial charge in [-0.1, -0.05) is 29.8 Å². The molecule has 0 atom stereocenters. The van der Waals surface area contributed by atoms with E-state index in [2.05, 4.69) is 0 Å². The molecule has 0 fully saturated rings. The van der Waals surface area contributed by atoms with Crippen molar-refractivity contribution in [3.8, 4) is 5.75 Å². The van der Waals surface area contributed by atoms with Crippen LogP contribution in [0.25, 0.3) is 0 Å². The van der Waals surface area contributed by atoms with Gasteiger partial charge >= 0.3 is 5.97 Å². The van der Waals surface area contributed by atoms with Crippen LogP contribution < -0.4 is 4.74 Å². The minimum atomic E-state index is -0.956. The quantitative estimate of drug-likeness (QED) is 0.916. The van der Waals surface area contributed by atoms with Gasteiger partial charge in [0.1, 0.15) is 12.4 Å². The van der Waals surface area contributed by atoms with Crippen molar-refractivity contribution in [1.82, 2.24) is 0 Å². The summed E-state index contributed by atoms with van der Waals surface area (Å²) >= 11 is 6.10. The predicted molar refractivity (Wildman–Crippen MR) is 78.7 cm³/mol. The van der Waals surface area contributed by atoms with Crippen LogP contribution in [0.15, 0.2) is 36.4 Å². The number of hydrogen-bond donors (Lipinski definition) is 1. The Morgan fingerprint density at radius 3 is 2.65 bits per heavy atom. The predicted octanol–water partition coefficient (Wildman–Crippen LogP) is 4.23. The molecule has 3 nitrogen and oxygen atoms in total. The highest BCUT2D eigenvalue weighted by atomic mass is 35.5. The first kappa shape index (κ1) is 14.4. The van der Waals surface area contributed by atoms with Gasteiger partial charge < -0.3 is 9.84 Å². The third-order valence-corrected chi connectivity index (χ3v) is 3.40. The van der Waals surface area contributed by atoms with Gasteiger partial charge in [-0.25, -0.2) is 4.79 Å². The fraction of sp³-hybridized carbons (Fsp3) is 0.188. The Hall–Kier alpha value is -2.00. The number of carboxylic acid groups (broad SMARTS) is 1. The molecule has 0 aliphatic carbocycles. The third-order valence-electron chi connectivity index (χ3n) is 3.10. The average molecular weight is 291 g/mol. The summed E-state index contributed by atoms with van der Waals surface area (Å²) in [6.45, 7) is 3.98. The summed E-state index contributed by atoms with van der Waals surface area (Å²) in [6, 6.07) is 10.7. The van der Waals surface area contributed by atoms with Gasteiger partial charge in [0.15, 0.2) is 0 Å². The van der Waals surface area contributed by atoms with Crippen LogP contribution in [-0.4, -0.2) is 11.1 Å². The highest BCUT2D eigenvalue weighted by Crippen LogP contribution is 2.27. The lowest BCUT2D eigenvalue weighted by atomic mass is 10.0. The van der Waals surface area contributed by atoms with Crippen molar-refractivity contribution in [2.75, 3.05) is 0 Å². The van der Waals surface area contributed by atoms with Gasteiger partial charge in [-0.3, -0.25) is 0 Å². The van der Waals surface area contributed by atoms with Gasteiger partial charge in [-0.15, -0.1) is 0 Å². The van der Waals surface area contributed by atoms with Gasteiger partial charge in [-0.2, -0.15) is 0 Å². The molecular weight excluding hydrogens is 276 g/mol. The maximum Gasteiger partial charge on any atom is 0.336 e. The molecule has 0 saturated heterocycles. The largest absolute Gasteiger partial charge is 0.487 e. The number of halogens is 1. The van der Waals surface area contributed by atoms with E-state index in [1.807, 2.05) is 32.0 Å². The van der Waals surface area contributed by atoms with Crippen molar-refractivity contribution in [3.63, 3.8) is 0 Å². The molecule has 0 aromatic heterocycles. The fourth-order valence-electron chi connectivity index (χ4n) is 1.97. The average Bonchev–Trinajstić information content (AvgIpc) is 2.38. The number of hydrogen-bond acceptors (Lipinski definition) is 2. The van der Waals surface area contributed by atoms with Crippen molar-refractivity contribution in [1.29, 1.82) is 0 Å². The number of carbonyl (C=O) groups is 1. The minimum absolute atomic E-state index is 0.178. The van der Waals surface area contributed by atoms with Gasteiger partial charge in [0, 0.05) is 5.56 Å². The number of rotatable bonds is 4. The molecule has 1 N–H and O–H groups in total.